The molecular weight excluding hydrogens is 341 g/mol. The van der Waals surface area contributed by atoms with Gasteiger partial charge in [-0.15, -0.1) is 0 Å². The standard InChI is InChI=1S/C16H15F3N2O2S/c17-12-6-14(19)16(7-13(12)18)24(22,23)21-8-11(15(20)9-21)10-4-2-1-3-5-10/h1-7,11,15H,8-9,20H2/t11-,15+/m0/s1. The van der Waals surface area contributed by atoms with E-state index in [-0.39, 0.29) is 25.1 Å². The van der Waals surface area contributed by atoms with Crippen LogP contribution in [0, 0.1) is 17.5 Å². The summed E-state index contributed by atoms with van der Waals surface area (Å²) in [5.41, 5.74) is 6.90. The highest BCUT2D eigenvalue weighted by Gasteiger charge is 2.39. The number of nitrogens with zero attached hydrogens (tertiary/aromatic N) is 1. The quantitative estimate of drug-likeness (QED) is 0.858. The molecule has 8 heteroatoms. The summed E-state index contributed by atoms with van der Waals surface area (Å²) in [6.45, 7) is 0.0201. The maximum atomic E-state index is 13.9. The number of rotatable bonds is 3. The number of hydrogen-bond acceptors (Lipinski definition) is 3. The monoisotopic (exact) mass is 356 g/mol. The predicted octanol–water partition coefficient (Wildman–Crippen LogP) is 2.22. The Hall–Kier alpha value is -1.90. The van der Waals surface area contributed by atoms with Crippen molar-refractivity contribution in [2.24, 2.45) is 5.73 Å². The molecular formula is C16H15F3N2O2S. The molecule has 0 aliphatic carbocycles. The van der Waals surface area contributed by atoms with E-state index in [1.54, 1.807) is 0 Å². The van der Waals surface area contributed by atoms with Crippen LogP contribution in [0.15, 0.2) is 47.4 Å². The summed E-state index contributed by atoms with van der Waals surface area (Å²) in [6.07, 6.45) is 0. The normalized spacial score (nSPS) is 22.0. The lowest BCUT2D eigenvalue weighted by Crippen LogP contribution is -2.32. The summed E-state index contributed by atoms with van der Waals surface area (Å²) in [7, 11) is -4.31. The first kappa shape index (κ1) is 16.9. The molecule has 0 radical (unpaired) electrons. The van der Waals surface area contributed by atoms with Crippen molar-refractivity contribution >= 4 is 10.0 Å². The molecule has 0 amide bonds. The minimum absolute atomic E-state index is 0.0275. The largest absolute Gasteiger partial charge is 0.326 e. The molecule has 1 aliphatic rings. The second kappa shape index (κ2) is 6.19. The molecule has 0 spiro atoms. The van der Waals surface area contributed by atoms with E-state index < -0.39 is 38.4 Å². The van der Waals surface area contributed by atoms with E-state index in [0.717, 1.165) is 9.87 Å². The van der Waals surface area contributed by atoms with Gasteiger partial charge in [-0.05, 0) is 11.6 Å². The predicted molar refractivity (Wildman–Crippen MR) is 82.2 cm³/mol. The van der Waals surface area contributed by atoms with Crippen molar-refractivity contribution in [1.29, 1.82) is 0 Å². The zero-order valence-electron chi connectivity index (χ0n) is 12.5. The number of sulfonamides is 1. The van der Waals surface area contributed by atoms with Crippen molar-refractivity contribution in [3.05, 3.63) is 65.5 Å². The zero-order valence-corrected chi connectivity index (χ0v) is 13.3. The molecule has 2 aromatic rings. The average Bonchev–Trinajstić information content (AvgIpc) is 2.94. The van der Waals surface area contributed by atoms with Gasteiger partial charge in [0.05, 0.1) is 0 Å². The van der Waals surface area contributed by atoms with Gasteiger partial charge < -0.3 is 5.73 Å². The molecule has 2 aromatic carbocycles. The Labute approximate surface area is 137 Å². The van der Waals surface area contributed by atoms with Gasteiger partial charge in [0.15, 0.2) is 11.6 Å². The minimum Gasteiger partial charge on any atom is -0.326 e. The molecule has 128 valence electrons. The number of benzene rings is 2. The third-order valence-electron chi connectivity index (χ3n) is 4.15. The SMILES string of the molecule is N[C@@H]1CN(S(=O)(=O)c2cc(F)c(F)cc2F)C[C@H]1c1ccccc1. The van der Waals surface area contributed by atoms with E-state index in [9.17, 15) is 21.6 Å². The molecule has 4 nitrogen and oxygen atoms in total. The molecule has 1 saturated heterocycles. The smallest absolute Gasteiger partial charge is 0.246 e. The van der Waals surface area contributed by atoms with Crippen LogP contribution in [0.5, 0.6) is 0 Å². The summed E-state index contributed by atoms with van der Waals surface area (Å²) in [4.78, 5) is -0.887. The molecule has 1 fully saturated rings. The Morgan fingerprint density at radius 3 is 2.25 bits per heavy atom. The molecule has 24 heavy (non-hydrogen) atoms. The first-order chi connectivity index (χ1) is 11.3. The summed E-state index contributed by atoms with van der Waals surface area (Å²) in [5, 5.41) is 0. The molecule has 1 aliphatic heterocycles. The van der Waals surface area contributed by atoms with E-state index in [4.69, 9.17) is 5.73 Å². The average molecular weight is 356 g/mol. The highest BCUT2D eigenvalue weighted by molar-refractivity contribution is 7.89. The van der Waals surface area contributed by atoms with Gasteiger partial charge in [-0.25, -0.2) is 21.6 Å². The van der Waals surface area contributed by atoms with Gasteiger partial charge in [0.25, 0.3) is 0 Å². The van der Waals surface area contributed by atoms with Gasteiger partial charge in [0.2, 0.25) is 10.0 Å². The zero-order chi connectivity index (χ0) is 17.5. The van der Waals surface area contributed by atoms with Crippen LogP contribution in [-0.2, 0) is 10.0 Å². The van der Waals surface area contributed by atoms with Crippen LogP contribution in [0.2, 0.25) is 0 Å². The molecule has 3 rings (SSSR count). The Morgan fingerprint density at radius 2 is 1.58 bits per heavy atom. The summed E-state index contributed by atoms with van der Waals surface area (Å²) in [5.74, 6) is -4.44. The second-order valence-corrected chi connectivity index (χ2v) is 7.61. The van der Waals surface area contributed by atoms with Crippen molar-refractivity contribution in [3.8, 4) is 0 Å². The van der Waals surface area contributed by atoms with Crippen molar-refractivity contribution in [2.45, 2.75) is 16.9 Å². The molecule has 2 atom stereocenters. The van der Waals surface area contributed by atoms with Crippen LogP contribution in [0.4, 0.5) is 13.2 Å². The number of halogens is 3. The second-order valence-electron chi connectivity index (χ2n) is 5.70. The Balaban J connectivity index is 1.93. The third kappa shape index (κ3) is 2.92. The van der Waals surface area contributed by atoms with Crippen LogP contribution in [0.1, 0.15) is 11.5 Å². The molecule has 0 aromatic heterocycles. The number of nitrogens with two attached hydrogens (primary N) is 1. The third-order valence-corrected chi connectivity index (χ3v) is 6.00. The lowest BCUT2D eigenvalue weighted by molar-refractivity contribution is 0.452. The maximum absolute atomic E-state index is 13.9. The fourth-order valence-electron chi connectivity index (χ4n) is 2.88. The molecule has 2 N–H and O–H groups in total. The topological polar surface area (TPSA) is 63.4 Å². The summed E-state index contributed by atoms with van der Waals surface area (Å²) in [6, 6.07) is 9.24. The molecule has 0 bridgehead atoms. The minimum atomic E-state index is -4.31. The van der Waals surface area contributed by atoms with Crippen LogP contribution in [0.25, 0.3) is 0 Å². The Kier molecular flexibility index (Phi) is 4.37. The fourth-order valence-corrected chi connectivity index (χ4v) is 4.44. The van der Waals surface area contributed by atoms with Crippen LogP contribution < -0.4 is 5.73 Å². The fraction of sp³-hybridized carbons (Fsp3) is 0.250. The van der Waals surface area contributed by atoms with E-state index in [1.165, 1.54) is 0 Å². The van der Waals surface area contributed by atoms with E-state index >= 15 is 0 Å². The first-order valence-electron chi connectivity index (χ1n) is 7.26. The van der Waals surface area contributed by atoms with Gasteiger partial charge >= 0.3 is 0 Å². The Bertz CT molecular complexity index is 859. The Morgan fingerprint density at radius 1 is 0.958 bits per heavy atom. The van der Waals surface area contributed by atoms with E-state index in [2.05, 4.69) is 0 Å². The van der Waals surface area contributed by atoms with Gasteiger partial charge in [-0.2, -0.15) is 4.31 Å². The van der Waals surface area contributed by atoms with Gasteiger partial charge in [0, 0.05) is 31.1 Å². The lowest BCUT2D eigenvalue weighted by atomic mass is 9.95. The van der Waals surface area contributed by atoms with Crippen molar-refractivity contribution in [3.63, 3.8) is 0 Å². The lowest BCUT2D eigenvalue weighted by Gasteiger charge is -2.17. The highest BCUT2D eigenvalue weighted by Crippen LogP contribution is 2.31. The highest BCUT2D eigenvalue weighted by atomic mass is 32.2. The van der Waals surface area contributed by atoms with Crippen LogP contribution in [0.3, 0.4) is 0 Å². The molecule has 1 heterocycles. The summed E-state index contributed by atoms with van der Waals surface area (Å²) >= 11 is 0. The number of hydrogen-bond donors (Lipinski definition) is 1. The van der Waals surface area contributed by atoms with Crippen LogP contribution in [-0.4, -0.2) is 31.9 Å². The molecule has 0 saturated carbocycles. The summed E-state index contributed by atoms with van der Waals surface area (Å²) < 4.78 is 66.4. The van der Waals surface area contributed by atoms with Crippen molar-refractivity contribution < 1.29 is 21.6 Å². The van der Waals surface area contributed by atoms with Crippen LogP contribution >= 0.6 is 0 Å². The van der Waals surface area contributed by atoms with Crippen molar-refractivity contribution in [1.82, 2.24) is 4.31 Å². The van der Waals surface area contributed by atoms with Gasteiger partial charge in [-0.3, -0.25) is 0 Å². The van der Waals surface area contributed by atoms with E-state index in [1.807, 2.05) is 30.3 Å². The van der Waals surface area contributed by atoms with Gasteiger partial charge in [0.1, 0.15) is 10.7 Å². The maximum Gasteiger partial charge on any atom is 0.246 e. The van der Waals surface area contributed by atoms with Gasteiger partial charge in [-0.1, -0.05) is 30.3 Å². The van der Waals surface area contributed by atoms with Crippen molar-refractivity contribution in [2.75, 3.05) is 13.1 Å². The molecule has 0 unspecified atom stereocenters. The van der Waals surface area contributed by atoms with E-state index in [0.29, 0.717) is 6.07 Å². The first-order valence-corrected chi connectivity index (χ1v) is 8.70.